The molecule has 2 aliphatic rings. The molecule has 7 nitrogen and oxygen atoms in total. The van der Waals surface area contributed by atoms with Gasteiger partial charge in [-0.3, -0.25) is 4.79 Å². The molecule has 1 aliphatic carbocycles. The second-order valence-corrected chi connectivity index (χ2v) is 6.87. The van der Waals surface area contributed by atoms with E-state index in [1.54, 1.807) is 7.11 Å². The molecule has 2 fully saturated rings. The summed E-state index contributed by atoms with van der Waals surface area (Å²) in [6.45, 7) is 0.828. The van der Waals surface area contributed by atoms with Crippen molar-refractivity contribution >= 4 is 5.91 Å². The molecule has 1 saturated heterocycles. The molecular weight excluding hydrogens is 334 g/mol. The average Bonchev–Trinajstić information content (AvgIpc) is 3.26. The van der Waals surface area contributed by atoms with Crippen LogP contribution in [0.3, 0.4) is 0 Å². The van der Waals surface area contributed by atoms with Crippen molar-refractivity contribution in [3.8, 4) is 17.1 Å². The van der Waals surface area contributed by atoms with Crippen molar-refractivity contribution in [2.75, 3.05) is 13.7 Å². The zero-order valence-corrected chi connectivity index (χ0v) is 14.8. The van der Waals surface area contributed by atoms with Gasteiger partial charge in [0, 0.05) is 37.0 Å². The summed E-state index contributed by atoms with van der Waals surface area (Å²) in [7, 11) is 1.62. The number of nitrogens with zero attached hydrogens (tertiary/aromatic N) is 2. The number of amides is 1. The molecule has 26 heavy (non-hydrogen) atoms. The van der Waals surface area contributed by atoms with Crippen LogP contribution in [0.1, 0.15) is 31.6 Å². The summed E-state index contributed by atoms with van der Waals surface area (Å²) >= 11 is 0. The van der Waals surface area contributed by atoms with Crippen LogP contribution in [0.15, 0.2) is 28.8 Å². The Kier molecular flexibility index (Phi) is 4.88. The van der Waals surface area contributed by atoms with Crippen LogP contribution in [0.4, 0.5) is 0 Å². The number of methoxy groups -OCH3 is 1. The molecule has 7 heteroatoms. The number of hydrogen-bond acceptors (Lipinski definition) is 6. The molecule has 3 unspecified atom stereocenters. The van der Waals surface area contributed by atoms with Crippen LogP contribution in [-0.2, 0) is 16.0 Å². The molecule has 2 aromatic rings. The smallest absolute Gasteiger partial charge is 0.226 e. The Balaban J connectivity index is 1.24. The van der Waals surface area contributed by atoms with E-state index in [4.69, 9.17) is 14.0 Å². The van der Waals surface area contributed by atoms with Gasteiger partial charge in [-0.1, -0.05) is 17.3 Å². The summed E-state index contributed by atoms with van der Waals surface area (Å²) in [5, 5.41) is 7.13. The van der Waals surface area contributed by atoms with Gasteiger partial charge in [-0.05, 0) is 31.4 Å². The molecule has 0 bridgehead atoms. The lowest BCUT2D eigenvalue weighted by Crippen LogP contribution is -2.53. The number of carbonyl (C=O) groups excluding carboxylic acids is 1. The van der Waals surface area contributed by atoms with Crippen LogP contribution < -0.4 is 10.1 Å². The third-order valence-corrected chi connectivity index (χ3v) is 5.20. The van der Waals surface area contributed by atoms with Crippen LogP contribution in [0.5, 0.6) is 5.75 Å². The van der Waals surface area contributed by atoms with Crippen molar-refractivity contribution < 1.29 is 18.8 Å². The minimum atomic E-state index is 0.0906. The molecule has 1 aromatic carbocycles. The molecule has 1 saturated carbocycles. The van der Waals surface area contributed by atoms with E-state index < -0.39 is 0 Å². The third kappa shape index (κ3) is 3.58. The van der Waals surface area contributed by atoms with Gasteiger partial charge in [0.05, 0.1) is 13.2 Å². The number of hydrogen-bond donors (Lipinski definition) is 1. The number of benzene rings is 1. The second kappa shape index (κ2) is 7.45. The fourth-order valence-corrected chi connectivity index (χ4v) is 3.68. The van der Waals surface area contributed by atoms with Gasteiger partial charge in [0.2, 0.25) is 17.6 Å². The molecule has 4 rings (SSSR count). The van der Waals surface area contributed by atoms with Gasteiger partial charge >= 0.3 is 0 Å². The number of rotatable bonds is 7. The second-order valence-electron chi connectivity index (χ2n) is 6.87. The first-order chi connectivity index (χ1) is 12.7. The van der Waals surface area contributed by atoms with E-state index in [2.05, 4.69) is 15.5 Å². The molecule has 1 amide bonds. The van der Waals surface area contributed by atoms with Gasteiger partial charge in [0.15, 0.2) is 0 Å². The molecular formula is C19H23N3O4. The highest BCUT2D eigenvalue weighted by molar-refractivity contribution is 5.76. The van der Waals surface area contributed by atoms with Crippen LogP contribution in [0.2, 0.25) is 0 Å². The molecule has 0 radical (unpaired) electrons. The molecule has 3 atom stereocenters. The lowest BCUT2D eigenvalue weighted by molar-refractivity contribution is -0.124. The Hall–Kier alpha value is -2.41. The fraction of sp³-hybridized carbons (Fsp3) is 0.526. The maximum Gasteiger partial charge on any atom is 0.226 e. The summed E-state index contributed by atoms with van der Waals surface area (Å²) in [4.78, 5) is 16.5. The van der Waals surface area contributed by atoms with E-state index in [9.17, 15) is 4.79 Å². The van der Waals surface area contributed by atoms with Gasteiger partial charge < -0.3 is 19.3 Å². The number of carbonyl (C=O) groups is 1. The predicted molar refractivity (Wildman–Crippen MR) is 93.6 cm³/mol. The number of fused-ring (bicyclic) bond motifs is 1. The molecule has 138 valence electrons. The largest absolute Gasteiger partial charge is 0.497 e. The van der Waals surface area contributed by atoms with E-state index in [1.165, 1.54) is 0 Å². The highest BCUT2D eigenvalue weighted by Gasteiger charge is 2.45. The van der Waals surface area contributed by atoms with Crippen molar-refractivity contribution in [2.45, 2.75) is 44.2 Å². The van der Waals surface area contributed by atoms with Crippen molar-refractivity contribution in [2.24, 2.45) is 5.92 Å². The Morgan fingerprint density at radius 2 is 2.35 bits per heavy atom. The summed E-state index contributed by atoms with van der Waals surface area (Å²) < 4.78 is 16.1. The lowest BCUT2D eigenvalue weighted by atomic mass is 9.76. The normalized spacial score (nSPS) is 24.0. The maximum absolute atomic E-state index is 12.1. The zero-order chi connectivity index (χ0) is 17.9. The average molecular weight is 357 g/mol. The summed E-state index contributed by atoms with van der Waals surface area (Å²) in [5.41, 5.74) is 0.843. The first-order valence-corrected chi connectivity index (χ1v) is 9.11. The van der Waals surface area contributed by atoms with Crippen LogP contribution in [0.25, 0.3) is 11.4 Å². The minimum absolute atomic E-state index is 0.0906. The number of ether oxygens (including phenoxy) is 2. The highest BCUT2D eigenvalue weighted by atomic mass is 16.5. The van der Waals surface area contributed by atoms with E-state index in [1.807, 2.05) is 24.3 Å². The van der Waals surface area contributed by atoms with Gasteiger partial charge in [0.25, 0.3) is 0 Å². The molecule has 0 spiro atoms. The molecule has 2 heterocycles. The molecule has 1 aliphatic heterocycles. The van der Waals surface area contributed by atoms with Gasteiger partial charge in [-0.2, -0.15) is 4.98 Å². The topological polar surface area (TPSA) is 86.5 Å². The number of nitrogens with one attached hydrogen (secondary N) is 1. The number of aromatic nitrogens is 2. The minimum Gasteiger partial charge on any atom is -0.497 e. The monoisotopic (exact) mass is 357 g/mol. The Morgan fingerprint density at radius 1 is 1.42 bits per heavy atom. The number of aryl methyl sites for hydroxylation is 1. The van der Waals surface area contributed by atoms with Crippen molar-refractivity contribution in [3.63, 3.8) is 0 Å². The molecule has 1 N–H and O–H groups in total. The maximum atomic E-state index is 12.1. The standard InChI is InChI=1S/C19H23N3O4/c1-24-13-5-2-4-12(10-13)19-21-18(26-22-19)7-3-6-17(23)20-15-11-16-14(15)8-9-25-16/h2,4-5,10,14-16H,3,6-9,11H2,1H3,(H,20,23). The quantitative estimate of drug-likeness (QED) is 0.819. The Bertz CT molecular complexity index is 776. The first kappa shape index (κ1) is 17.0. The van der Waals surface area contributed by atoms with Crippen LogP contribution in [-0.4, -0.2) is 41.9 Å². The Morgan fingerprint density at radius 3 is 3.19 bits per heavy atom. The SMILES string of the molecule is COc1cccc(-c2noc(CCCC(=O)NC3CC4OCCC34)n2)c1. The van der Waals surface area contributed by atoms with Crippen molar-refractivity contribution in [3.05, 3.63) is 30.2 Å². The predicted octanol–water partition coefficient (Wildman–Crippen LogP) is 2.36. The fourth-order valence-electron chi connectivity index (χ4n) is 3.68. The van der Waals surface area contributed by atoms with E-state index in [-0.39, 0.29) is 11.9 Å². The summed E-state index contributed by atoms with van der Waals surface area (Å²) in [5.74, 6) is 2.43. The first-order valence-electron chi connectivity index (χ1n) is 9.11. The van der Waals surface area contributed by atoms with Crippen LogP contribution in [0, 0.1) is 5.92 Å². The van der Waals surface area contributed by atoms with Gasteiger partial charge in [0.1, 0.15) is 5.75 Å². The zero-order valence-electron chi connectivity index (χ0n) is 14.8. The van der Waals surface area contributed by atoms with Crippen molar-refractivity contribution in [1.29, 1.82) is 0 Å². The van der Waals surface area contributed by atoms with E-state index in [0.717, 1.165) is 30.8 Å². The van der Waals surface area contributed by atoms with Gasteiger partial charge in [-0.25, -0.2) is 0 Å². The molecule has 1 aromatic heterocycles. The Labute approximate surface area is 152 Å². The van der Waals surface area contributed by atoms with Gasteiger partial charge in [-0.15, -0.1) is 0 Å². The summed E-state index contributed by atoms with van der Waals surface area (Å²) in [6, 6.07) is 7.81. The van der Waals surface area contributed by atoms with Crippen LogP contribution >= 0.6 is 0 Å². The lowest BCUT2D eigenvalue weighted by Gasteiger charge is -2.39. The summed E-state index contributed by atoms with van der Waals surface area (Å²) in [6.07, 6.45) is 4.11. The van der Waals surface area contributed by atoms with Crippen molar-refractivity contribution in [1.82, 2.24) is 15.5 Å². The van der Waals surface area contributed by atoms with E-state index in [0.29, 0.717) is 43.0 Å². The highest BCUT2D eigenvalue weighted by Crippen LogP contribution is 2.38. The van der Waals surface area contributed by atoms with E-state index >= 15 is 0 Å². The third-order valence-electron chi connectivity index (χ3n) is 5.20.